The van der Waals surface area contributed by atoms with Crippen molar-refractivity contribution < 1.29 is 0 Å². The Labute approximate surface area is 124 Å². The quantitative estimate of drug-likeness (QED) is 0.311. The first-order valence-corrected chi connectivity index (χ1v) is 7.65. The van der Waals surface area contributed by atoms with Gasteiger partial charge in [-0.2, -0.15) is 10.2 Å². The maximum Gasteiger partial charge on any atom is 0.186 e. The Balaban J connectivity index is 4.46. The molecule has 0 aromatic heterocycles. The number of thiocarbonyl (C=S) groups is 1. The minimum absolute atomic E-state index is 0.500. The molecule has 0 fully saturated rings. The standard InChI is InChI=1S/C11H22N6S2/c1-6-12-10(18)16-14-8(3)9(4)15-17-11(19-5)13-7-2/h6-7H2,1-5H3,(H,13,17)(H2,12,16,18)/b14-8+,15-9+. The Morgan fingerprint density at radius 2 is 1.68 bits per heavy atom. The highest BCUT2D eigenvalue weighted by atomic mass is 32.2. The highest BCUT2D eigenvalue weighted by Crippen LogP contribution is 1.95. The summed E-state index contributed by atoms with van der Waals surface area (Å²) in [7, 11) is 0. The maximum atomic E-state index is 5.01. The average molecular weight is 302 g/mol. The summed E-state index contributed by atoms with van der Waals surface area (Å²) in [4.78, 5) is 4.25. The van der Waals surface area contributed by atoms with Crippen LogP contribution in [0.25, 0.3) is 0 Å². The van der Waals surface area contributed by atoms with Crippen molar-refractivity contribution in [3.8, 4) is 0 Å². The third-order valence-electron chi connectivity index (χ3n) is 2.00. The van der Waals surface area contributed by atoms with Gasteiger partial charge in [-0.15, -0.1) is 0 Å². The largest absolute Gasteiger partial charge is 0.362 e. The van der Waals surface area contributed by atoms with Gasteiger partial charge in [0.2, 0.25) is 0 Å². The van der Waals surface area contributed by atoms with Gasteiger partial charge >= 0.3 is 0 Å². The number of nitrogens with zero attached hydrogens (tertiary/aromatic N) is 3. The van der Waals surface area contributed by atoms with Gasteiger partial charge in [-0.1, -0.05) is 11.8 Å². The molecule has 0 unspecified atom stereocenters. The number of rotatable bonds is 5. The van der Waals surface area contributed by atoms with Gasteiger partial charge in [-0.05, 0) is 46.2 Å². The molecule has 108 valence electrons. The Hall–Kier alpha value is -1.15. The number of aliphatic imine (C=N–C) groups is 1. The van der Waals surface area contributed by atoms with E-state index in [4.69, 9.17) is 12.2 Å². The van der Waals surface area contributed by atoms with Gasteiger partial charge in [0.1, 0.15) is 0 Å². The van der Waals surface area contributed by atoms with Crippen LogP contribution in [0, 0.1) is 0 Å². The van der Waals surface area contributed by atoms with Crippen LogP contribution in [0.15, 0.2) is 15.2 Å². The zero-order valence-electron chi connectivity index (χ0n) is 12.1. The maximum absolute atomic E-state index is 5.01. The number of hydrazone groups is 2. The first-order chi connectivity index (χ1) is 9.04. The summed E-state index contributed by atoms with van der Waals surface area (Å²) in [6, 6.07) is 0. The van der Waals surface area contributed by atoms with Crippen LogP contribution in [0.4, 0.5) is 0 Å². The molecule has 0 radical (unpaired) electrons. The Morgan fingerprint density at radius 3 is 2.16 bits per heavy atom. The van der Waals surface area contributed by atoms with Crippen LogP contribution in [-0.2, 0) is 0 Å². The molecule has 0 aromatic carbocycles. The molecular weight excluding hydrogens is 280 g/mol. The van der Waals surface area contributed by atoms with E-state index in [-0.39, 0.29) is 0 Å². The van der Waals surface area contributed by atoms with E-state index in [9.17, 15) is 0 Å². The van der Waals surface area contributed by atoms with Gasteiger partial charge in [-0.25, -0.2) is 0 Å². The molecule has 3 N–H and O–H groups in total. The van der Waals surface area contributed by atoms with E-state index in [1.54, 1.807) is 0 Å². The van der Waals surface area contributed by atoms with Gasteiger partial charge in [0.15, 0.2) is 10.3 Å². The number of hydrogen-bond acceptors (Lipinski definition) is 5. The van der Waals surface area contributed by atoms with E-state index in [1.807, 2.05) is 34.0 Å². The van der Waals surface area contributed by atoms with Crippen molar-refractivity contribution in [2.75, 3.05) is 19.3 Å². The lowest BCUT2D eigenvalue weighted by atomic mass is 10.3. The molecule has 0 saturated carbocycles. The third kappa shape index (κ3) is 8.55. The normalized spacial score (nSPS) is 13.2. The second kappa shape index (κ2) is 10.7. The van der Waals surface area contributed by atoms with E-state index in [0.29, 0.717) is 5.11 Å². The number of thioether (sulfide) groups is 1. The molecule has 0 bridgehead atoms. The van der Waals surface area contributed by atoms with Crippen molar-refractivity contribution >= 4 is 45.7 Å². The fourth-order valence-electron chi connectivity index (χ4n) is 0.917. The molecular formula is C11H22N6S2. The Morgan fingerprint density at radius 1 is 1.11 bits per heavy atom. The number of nitrogens with one attached hydrogen (secondary N) is 3. The first kappa shape index (κ1) is 17.8. The Kier molecular flexibility index (Phi) is 10.1. The summed E-state index contributed by atoms with van der Waals surface area (Å²) in [5, 5.41) is 12.6. The Bertz CT molecular complexity index is 375. The molecule has 0 spiro atoms. The zero-order valence-corrected chi connectivity index (χ0v) is 13.7. The molecule has 0 aromatic rings. The molecule has 0 heterocycles. The van der Waals surface area contributed by atoms with Crippen LogP contribution < -0.4 is 16.2 Å². The minimum Gasteiger partial charge on any atom is -0.362 e. The molecule has 0 rings (SSSR count). The van der Waals surface area contributed by atoms with Crippen molar-refractivity contribution in [3.05, 3.63) is 0 Å². The fraction of sp³-hybridized carbons (Fsp3) is 0.636. The molecule has 8 heteroatoms. The van der Waals surface area contributed by atoms with Crippen LogP contribution in [-0.4, -0.2) is 41.0 Å². The molecule has 0 aliphatic heterocycles. The molecule has 0 aliphatic carbocycles. The fourth-order valence-corrected chi connectivity index (χ4v) is 1.50. The van der Waals surface area contributed by atoms with E-state index < -0.39 is 0 Å². The van der Waals surface area contributed by atoms with Crippen molar-refractivity contribution in [1.29, 1.82) is 0 Å². The van der Waals surface area contributed by atoms with E-state index >= 15 is 0 Å². The third-order valence-corrected chi connectivity index (χ3v) is 2.84. The van der Waals surface area contributed by atoms with Gasteiger partial charge < -0.3 is 5.32 Å². The molecule has 0 amide bonds. The summed E-state index contributed by atoms with van der Waals surface area (Å²) in [5.41, 5.74) is 7.19. The summed E-state index contributed by atoms with van der Waals surface area (Å²) < 4.78 is 0. The van der Waals surface area contributed by atoms with E-state index in [2.05, 4.69) is 31.4 Å². The van der Waals surface area contributed by atoms with Crippen LogP contribution >= 0.6 is 24.0 Å². The van der Waals surface area contributed by atoms with Gasteiger partial charge in [-0.3, -0.25) is 15.8 Å². The van der Waals surface area contributed by atoms with Crippen molar-refractivity contribution in [2.45, 2.75) is 27.7 Å². The minimum atomic E-state index is 0.500. The summed E-state index contributed by atoms with van der Waals surface area (Å²) in [6.45, 7) is 9.17. The molecule has 0 atom stereocenters. The topological polar surface area (TPSA) is 73.2 Å². The summed E-state index contributed by atoms with van der Waals surface area (Å²) in [6.07, 6.45) is 1.95. The van der Waals surface area contributed by atoms with Crippen molar-refractivity contribution in [1.82, 2.24) is 16.2 Å². The number of amidine groups is 1. The second-order valence-electron chi connectivity index (χ2n) is 3.46. The predicted molar refractivity (Wildman–Crippen MR) is 90.3 cm³/mol. The van der Waals surface area contributed by atoms with E-state index in [1.165, 1.54) is 11.8 Å². The zero-order chi connectivity index (χ0) is 14.7. The number of hydrogen-bond donors (Lipinski definition) is 3. The second-order valence-corrected chi connectivity index (χ2v) is 4.66. The monoisotopic (exact) mass is 302 g/mol. The SMILES string of the molecule is CCN=C(N/N=C(C)/C(C)=N/NC(=S)NCC)SC. The lowest BCUT2D eigenvalue weighted by Crippen LogP contribution is -2.32. The van der Waals surface area contributed by atoms with Crippen molar-refractivity contribution in [2.24, 2.45) is 15.2 Å². The molecule has 0 aliphatic rings. The van der Waals surface area contributed by atoms with Crippen LogP contribution in [0.3, 0.4) is 0 Å². The van der Waals surface area contributed by atoms with Crippen LogP contribution in [0.2, 0.25) is 0 Å². The molecule has 6 nitrogen and oxygen atoms in total. The highest BCUT2D eigenvalue weighted by Gasteiger charge is 1.99. The smallest absolute Gasteiger partial charge is 0.186 e. The van der Waals surface area contributed by atoms with E-state index in [0.717, 1.165) is 29.7 Å². The van der Waals surface area contributed by atoms with Gasteiger partial charge in [0.25, 0.3) is 0 Å². The predicted octanol–water partition coefficient (Wildman–Crippen LogP) is 1.55. The van der Waals surface area contributed by atoms with Crippen LogP contribution in [0.5, 0.6) is 0 Å². The summed E-state index contributed by atoms with van der Waals surface area (Å²) >= 11 is 6.53. The van der Waals surface area contributed by atoms with Crippen molar-refractivity contribution in [3.63, 3.8) is 0 Å². The molecule has 0 saturated heterocycles. The summed E-state index contributed by atoms with van der Waals surface area (Å²) in [5.74, 6) is 0. The average Bonchev–Trinajstić information content (AvgIpc) is 2.40. The lowest BCUT2D eigenvalue weighted by Gasteiger charge is -2.06. The lowest BCUT2D eigenvalue weighted by molar-refractivity contribution is 0.901. The highest BCUT2D eigenvalue weighted by molar-refractivity contribution is 8.13. The van der Waals surface area contributed by atoms with Gasteiger partial charge in [0.05, 0.1) is 11.4 Å². The van der Waals surface area contributed by atoms with Gasteiger partial charge in [0, 0.05) is 13.1 Å². The van der Waals surface area contributed by atoms with Crippen LogP contribution in [0.1, 0.15) is 27.7 Å². The first-order valence-electron chi connectivity index (χ1n) is 6.02. The molecule has 19 heavy (non-hydrogen) atoms.